The molecule has 0 spiro atoms. The van der Waals surface area contributed by atoms with E-state index in [1.165, 1.54) is 0 Å². The first-order valence-electron chi connectivity index (χ1n) is 9.61. The Kier molecular flexibility index (Phi) is 6.90. The maximum Gasteiger partial charge on any atom is 0.258 e. The lowest BCUT2D eigenvalue weighted by molar-refractivity contribution is -0.123. The van der Waals surface area contributed by atoms with Gasteiger partial charge in [-0.05, 0) is 48.7 Å². The van der Waals surface area contributed by atoms with Crippen molar-refractivity contribution >= 4 is 11.6 Å². The van der Waals surface area contributed by atoms with Gasteiger partial charge in [0.25, 0.3) is 5.91 Å². The number of carbonyl (C=O) groups is 1. The Morgan fingerprint density at radius 2 is 1.89 bits per heavy atom. The lowest BCUT2D eigenvalue weighted by Gasteiger charge is -2.29. The van der Waals surface area contributed by atoms with E-state index in [1.54, 1.807) is 0 Å². The highest BCUT2D eigenvalue weighted by molar-refractivity contribution is 5.77. The number of aliphatic hydroxyl groups is 1. The van der Waals surface area contributed by atoms with Crippen molar-refractivity contribution < 1.29 is 19.4 Å². The largest absolute Gasteiger partial charge is 0.483 e. The van der Waals surface area contributed by atoms with Crippen LogP contribution < -0.4 is 15.0 Å². The molecule has 0 bridgehead atoms. The fraction of sp³-hybridized carbons (Fsp3) is 0.409. The van der Waals surface area contributed by atoms with Gasteiger partial charge < -0.3 is 24.8 Å². The van der Waals surface area contributed by atoms with Crippen molar-refractivity contribution in [1.29, 1.82) is 0 Å². The maximum atomic E-state index is 12.0. The van der Waals surface area contributed by atoms with Gasteiger partial charge in [0.2, 0.25) is 0 Å². The highest BCUT2D eigenvalue weighted by atomic mass is 16.5. The van der Waals surface area contributed by atoms with Gasteiger partial charge in [0, 0.05) is 25.3 Å². The van der Waals surface area contributed by atoms with Crippen molar-refractivity contribution in [3.05, 3.63) is 59.2 Å². The van der Waals surface area contributed by atoms with E-state index in [4.69, 9.17) is 9.47 Å². The Hall–Kier alpha value is -2.57. The summed E-state index contributed by atoms with van der Waals surface area (Å²) in [5.41, 5.74) is 4.03. The van der Waals surface area contributed by atoms with Crippen molar-refractivity contribution in [2.45, 2.75) is 20.0 Å². The number of hydrogen-bond donors (Lipinski definition) is 2. The summed E-state index contributed by atoms with van der Waals surface area (Å²) in [6.07, 6.45) is -0.761. The molecular weight excluding hydrogens is 356 g/mol. The van der Waals surface area contributed by atoms with E-state index in [0.29, 0.717) is 5.75 Å². The Labute approximate surface area is 166 Å². The normalized spacial score (nSPS) is 15.2. The predicted octanol–water partition coefficient (Wildman–Crippen LogP) is 2.37. The molecule has 150 valence electrons. The molecular formula is C22H28N2O4. The lowest BCUT2D eigenvalue weighted by atomic mass is 10.1. The topological polar surface area (TPSA) is 71.0 Å². The number of rotatable bonds is 7. The Morgan fingerprint density at radius 1 is 1.18 bits per heavy atom. The summed E-state index contributed by atoms with van der Waals surface area (Å²) < 4.78 is 11.0. The molecule has 2 N–H and O–H groups in total. The molecule has 2 aromatic rings. The number of morpholine rings is 1. The molecule has 1 fully saturated rings. The van der Waals surface area contributed by atoms with E-state index < -0.39 is 6.10 Å². The van der Waals surface area contributed by atoms with Crippen molar-refractivity contribution in [2.75, 3.05) is 44.4 Å². The first kappa shape index (κ1) is 20.2. The summed E-state index contributed by atoms with van der Waals surface area (Å²) >= 11 is 0. The van der Waals surface area contributed by atoms with E-state index in [9.17, 15) is 9.90 Å². The molecule has 1 aliphatic heterocycles. The zero-order valence-electron chi connectivity index (χ0n) is 16.5. The zero-order valence-corrected chi connectivity index (χ0v) is 16.5. The van der Waals surface area contributed by atoms with E-state index in [0.717, 1.165) is 48.7 Å². The van der Waals surface area contributed by atoms with Crippen LogP contribution in [0.15, 0.2) is 42.5 Å². The number of anilines is 1. The number of hydrogen-bond acceptors (Lipinski definition) is 5. The predicted molar refractivity (Wildman–Crippen MR) is 109 cm³/mol. The molecule has 0 saturated carbocycles. The number of nitrogens with one attached hydrogen (secondary N) is 1. The monoisotopic (exact) mass is 384 g/mol. The number of ether oxygens (including phenoxy) is 2. The third-order valence-corrected chi connectivity index (χ3v) is 5.06. The minimum atomic E-state index is -0.761. The van der Waals surface area contributed by atoms with Gasteiger partial charge in [-0.1, -0.05) is 24.3 Å². The van der Waals surface area contributed by atoms with Gasteiger partial charge in [-0.25, -0.2) is 0 Å². The van der Waals surface area contributed by atoms with Gasteiger partial charge in [0.1, 0.15) is 5.75 Å². The molecule has 3 rings (SSSR count). The summed E-state index contributed by atoms with van der Waals surface area (Å²) in [5, 5.41) is 13.1. The van der Waals surface area contributed by atoms with Gasteiger partial charge >= 0.3 is 0 Å². The molecule has 1 heterocycles. The second kappa shape index (κ2) is 9.57. The summed E-state index contributed by atoms with van der Waals surface area (Å²) in [6, 6.07) is 13.5. The maximum absolute atomic E-state index is 12.0. The van der Waals surface area contributed by atoms with E-state index in [2.05, 4.69) is 10.2 Å². The van der Waals surface area contributed by atoms with Crippen molar-refractivity contribution in [1.82, 2.24) is 5.32 Å². The minimum absolute atomic E-state index is 0.0764. The summed E-state index contributed by atoms with van der Waals surface area (Å²) in [4.78, 5) is 14.3. The first-order valence-corrected chi connectivity index (χ1v) is 9.61. The Morgan fingerprint density at radius 3 is 2.61 bits per heavy atom. The van der Waals surface area contributed by atoms with Gasteiger partial charge in [0.15, 0.2) is 6.61 Å². The highest BCUT2D eigenvalue weighted by Crippen LogP contribution is 2.21. The third-order valence-electron chi connectivity index (χ3n) is 5.06. The fourth-order valence-electron chi connectivity index (χ4n) is 3.13. The first-order chi connectivity index (χ1) is 13.5. The van der Waals surface area contributed by atoms with E-state index in [-0.39, 0.29) is 19.1 Å². The summed E-state index contributed by atoms with van der Waals surface area (Å²) in [5.74, 6) is 0.444. The molecule has 1 aliphatic rings. The Bertz CT molecular complexity index is 786. The van der Waals surface area contributed by atoms with Crippen LogP contribution in [0.4, 0.5) is 5.69 Å². The van der Waals surface area contributed by atoms with Crippen LogP contribution in [0.3, 0.4) is 0 Å². The van der Waals surface area contributed by atoms with Crippen LogP contribution in [0, 0.1) is 13.8 Å². The zero-order chi connectivity index (χ0) is 19.9. The lowest BCUT2D eigenvalue weighted by Crippen LogP contribution is -2.36. The van der Waals surface area contributed by atoms with Gasteiger partial charge in [-0.15, -0.1) is 0 Å². The number of aryl methyl sites for hydroxylation is 1. The van der Waals surface area contributed by atoms with Crippen LogP contribution in [0.25, 0.3) is 0 Å². The molecule has 1 atom stereocenters. The molecule has 1 amide bonds. The van der Waals surface area contributed by atoms with Crippen molar-refractivity contribution in [3.63, 3.8) is 0 Å². The van der Waals surface area contributed by atoms with Crippen LogP contribution in [-0.2, 0) is 9.53 Å². The molecule has 6 nitrogen and oxygen atoms in total. The molecule has 1 unspecified atom stereocenters. The number of benzene rings is 2. The summed E-state index contributed by atoms with van der Waals surface area (Å²) in [6.45, 7) is 7.26. The Balaban J connectivity index is 1.46. The van der Waals surface area contributed by atoms with Crippen molar-refractivity contribution in [2.24, 2.45) is 0 Å². The van der Waals surface area contributed by atoms with Gasteiger partial charge in [-0.3, -0.25) is 4.79 Å². The van der Waals surface area contributed by atoms with Crippen LogP contribution >= 0.6 is 0 Å². The second-order valence-electron chi connectivity index (χ2n) is 7.00. The molecule has 6 heteroatoms. The fourth-order valence-corrected chi connectivity index (χ4v) is 3.13. The highest BCUT2D eigenvalue weighted by Gasteiger charge is 2.14. The molecule has 2 aromatic carbocycles. The van der Waals surface area contributed by atoms with E-state index in [1.807, 2.05) is 56.3 Å². The molecule has 0 aliphatic carbocycles. The number of aliphatic hydroxyl groups excluding tert-OH is 1. The SMILES string of the molecule is Cc1cccc(OCC(=O)NCC(O)c2ccc(N3CCOCC3)cc2)c1C. The molecule has 0 aromatic heterocycles. The molecule has 28 heavy (non-hydrogen) atoms. The third kappa shape index (κ3) is 5.24. The average molecular weight is 384 g/mol. The van der Waals surface area contributed by atoms with Gasteiger partial charge in [-0.2, -0.15) is 0 Å². The smallest absolute Gasteiger partial charge is 0.258 e. The van der Waals surface area contributed by atoms with Crippen LogP contribution in [0.2, 0.25) is 0 Å². The van der Waals surface area contributed by atoms with Crippen LogP contribution in [0.5, 0.6) is 5.75 Å². The number of carbonyl (C=O) groups excluding carboxylic acids is 1. The molecule has 0 radical (unpaired) electrons. The van der Waals surface area contributed by atoms with E-state index >= 15 is 0 Å². The van der Waals surface area contributed by atoms with Crippen molar-refractivity contribution in [3.8, 4) is 5.75 Å². The summed E-state index contributed by atoms with van der Waals surface area (Å²) in [7, 11) is 0. The van der Waals surface area contributed by atoms with Crippen LogP contribution in [-0.4, -0.2) is 50.5 Å². The second-order valence-corrected chi connectivity index (χ2v) is 7.00. The number of nitrogens with zero attached hydrogens (tertiary/aromatic N) is 1. The standard InChI is InChI=1S/C22H28N2O4/c1-16-4-3-5-21(17(16)2)28-15-22(26)23-14-20(25)18-6-8-19(9-7-18)24-10-12-27-13-11-24/h3-9,20,25H,10-15H2,1-2H3,(H,23,26). The van der Waals surface area contributed by atoms with Crippen LogP contribution in [0.1, 0.15) is 22.8 Å². The minimum Gasteiger partial charge on any atom is -0.483 e. The quantitative estimate of drug-likeness (QED) is 0.767. The average Bonchev–Trinajstić information content (AvgIpc) is 2.74. The van der Waals surface area contributed by atoms with Gasteiger partial charge in [0.05, 0.1) is 19.3 Å². The number of amides is 1. The molecule has 1 saturated heterocycles.